The maximum Gasteiger partial charge on any atom is 0.137 e. The molecule has 1 aliphatic heterocycles. The maximum absolute atomic E-state index is 13.9. The summed E-state index contributed by atoms with van der Waals surface area (Å²) in [6.07, 6.45) is 1.03. The van der Waals surface area contributed by atoms with Gasteiger partial charge in [0.2, 0.25) is 0 Å². The normalized spacial score (nSPS) is 19.1. The fourth-order valence-electron chi connectivity index (χ4n) is 2.71. The van der Waals surface area contributed by atoms with E-state index in [4.69, 9.17) is 0 Å². The summed E-state index contributed by atoms with van der Waals surface area (Å²) in [5.74, 6) is 0.860. The molecule has 1 unspecified atom stereocenters. The first-order valence-electron chi connectivity index (χ1n) is 7.08. The van der Waals surface area contributed by atoms with Gasteiger partial charge in [-0.25, -0.2) is 4.39 Å². The summed E-state index contributed by atoms with van der Waals surface area (Å²) in [5, 5.41) is 3.64. The van der Waals surface area contributed by atoms with Crippen LogP contribution in [0.2, 0.25) is 0 Å². The van der Waals surface area contributed by atoms with E-state index in [-0.39, 0.29) is 17.9 Å². The van der Waals surface area contributed by atoms with E-state index in [1.54, 1.807) is 23.9 Å². The van der Waals surface area contributed by atoms with Crippen LogP contribution in [0.3, 0.4) is 0 Å². The van der Waals surface area contributed by atoms with Crippen LogP contribution in [0.15, 0.2) is 51.8 Å². The lowest BCUT2D eigenvalue weighted by Gasteiger charge is -2.29. The van der Waals surface area contributed by atoms with Crippen molar-refractivity contribution in [3.63, 3.8) is 0 Å². The molecule has 1 heterocycles. The summed E-state index contributed by atoms with van der Waals surface area (Å²) < 4.78 is 15.0. The van der Waals surface area contributed by atoms with Gasteiger partial charge in [0.1, 0.15) is 5.82 Å². The number of fused-ring (bicyclic) bond motifs is 1. The molecule has 110 valence electrons. The van der Waals surface area contributed by atoms with Crippen molar-refractivity contribution in [3.8, 4) is 0 Å². The fraction of sp³-hybridized carbons (Fsp3) is 0.294. The average molecular weight is 366 g/mol. The van der Waals surface area contributed by atoms with E-state index in [1.165, 1.54) is 5.56 Å². The molecule has 3 rings (SSSR count). The van der Waals surface area contributed by atoms with E-state index in [1.807, 2.05) is 6.07 Å². The predicted molar refractivity (Wildman–Crippen MR) is 90.2 cm³/mol. The zero-order chi connectivity index (χ0) is 14.8. The lowest BCUT2D eigenvalue weighted by molar-refractivity contribution is 0.444. The van der Waals surface area contributed by atoms with Crippen LogP contribution in [0, 0.1) is 5.82 Å². The Hall–Kier alpha value is -0.840. The van der Waals surface area contributed by atoms with E-state index in [0.29, 0.717) is 0 Å². The second-order valence-corrected chi connectivity index (χ2v) is 7.31. The minimum Gasteiger partial charge on any atom is -0.303 e. The monoisotopic (exact) mass is 365 g/mol. The van der Waals surface area contributed by atoms with Gasteiger partial charge in [0.15, 0.2) is 0 Å². The van der Waals surface area contributed by atoms with E-state index in [0.717, 1.165) is 27.1 Å². The molecule has 1 N–H and O–H groups in total. The minimum absolute atomic E-state index is 0.0969. The van der Waals surface area contributed by atoms with Crippen molar-refractivity contribution in [1.82, 2.24) is 5.32 Å². The first-order chi connectivity index (χ1) is 10.1. The summed E-state index contributed by atoms with van der Waals surface area (Å²) in [4.78, 5) is 0.809. The first kappa shape index (κ1) is 15.1. The minimum atomic E-state index is -0.0969. The van der Waals surface area contributed by atoms with Crippen molar-refractivity contribution in [3.05, 3.63) is 63.9 Å². The lowest BCUT2D eigenvalue weighted by atomic mass is 10.0. The van der Waals surface area contributed by atoms with Crippen molar-refractivity contribution in [1.29, 1.82) is 0 Å². The molecule has 4 heteroatoms. The number of nitrogens with one attached hydrogen (secondary N) is 1. The molecule has 0 fully saturated rings. The lowest BCUT2D eigenvalue weighted by Crippen LogP contribution is -2.27. The second-order valence-electron chi connectivity index (χ2n) is 5.29. The van der Waals surface area contributed by atoms with Gasteiger partial charge >= 0.3 is 0 Å². The molecule has 0 amide bonds. The van der Waals surface area contributed by atoms with Crippen LogP contribution >= 0.6 is 27.7 Å². The van der Waals surface area contributed by atoms with Crippen molar-refractivity contribution in [2.24, 2.45) is 0 Å². The quantitative estimate of drug-likeness (QED) is 0.772. The zero-order valence-corrected chi connectivity index (χ0v) is 14.2. The van der Waals surface area contributed by atoms with Gasteiger partial charge in [-0.15, -0.1) is 11.8 Å². The molecular weight excluding hydrogens is 349 g/mol. The summed E-state index contributed by atoms with van der Waals surface area (Å²) in [7, 11) is 0. The van der Waals surface area contributed by atoms with Gasteiger partial charge in [0.25, 0.3) is 0 Å². The van der Waals surface area contributed by atoms with Crippen molar-refractivity contribution < 1.29 is 4.39 Å². The smallest absolute Gasteiger partial charge is 0.137 e. The average Bonchev–Trinajstić information content (AvgIpc) is 2.49. The summed E-state index contributed by atoms with van der Waals surface area (Å²) in [6.45, 7) is 2.16. The van der Waals surface area contributed by atoms with E-state index in [9.17, 15) is 4.39 Å². The molecule has 0 aromatic heterocycles. The Kier molecular flexibility index (Phi) is 4.67. The molecule has 2 atom stereocenters. The molecule has 1 aliphatic rings. The highest BCUT2D eigenvalue weighted by Crippen LogP contribution is 2.38. The summed E-state index contributed by atoms with van der Waals surface area (Å²) >= 11 is 5.08. The number of halogens is 2. The number of hydrogen-bond donors (Lipinski definition) is 1. The van der Waals surface area contributed by atoms with Gasteiger partial charge < -0.3 is 5.32 Å². The summed E-state index contributed by atoms with van der Waals surface area (Å²) in [6, 6.07) is 14.2. The highest BCUT2D eigenvalue weighted by Gasteiger charge is 2.24. The highest BCUT2D eigenvalue weighted by atomic mass is 79.9. The first-order valence-corrected chi connectivity index (χ1v) is 8.86. The van der Waals surface area contributed by atoms with Crippen LogP contribution in [-0.4, -0.2) is 5.75 Å². The molecule has 21 heavy (non-hydrogen) atoms. The zero-order valence-electron chi connectivity index (χ0n) is 11.8. The van der Waals surface area contributed by atoms with E-state index in [2.05, 4.69) is 52.4 Å². The number of hydrogen-bond acceptors (Lipinski definition) is 2. The molecular formula is C17H17BrFNS. The van der Waals surface area contributed by atoms with Gasteiger partial charge in [-0.3, -0.25) is 0 Å². The standard InChI is InChI=1S/C17H17BrFNS/c1-11(12-5-7-13(18)8-6-12)20-16-9-10-21-17-14(16)3-2-4-15(17)19/h2-8,11,16,20H,9-10H2,1H3/t11-,16?/m0/s1. The van der Waals surface area contributed by atoms with Gasteiger partial charge in [-0.1, -0.05) is 40.2 Å². The van der Waals surface area contributed by atoms with Crippen LogP contribution in [0.4, 0.5) is 4.39 Å². The van der Waals surface area contributed by atoms with E-state index >= 15 is 0 Å². The van der Waals surface area contributed by atoms with Crippen molar-refractivity contribution in [2.75, 3.05) is 5.75 Å². The Morgan fingerprint density at radius 2 is 2.00 bits per heavy atom. The molecule has 0 radical (unpaired) electrons. The van der Waals surface area contributed by atoms with Crippen LogP contribution in [0.25, 0.3) is 0 Å². The van der Waals surface area contributed by atoms with Gasteiger partial charge in [0, 0.05) is 21.5 Å². The Labute approximate surface area is 137 Å². The number of thioether (sulfide) groups is 1. The Morgan fingerprint density at radius 1 is 1.24 bits per heavy atom. The SMILES string of the molecule is C[C@H](NC1CCSc2c(F)cccc21)c1ccc(Br)cc1. The second kappa shape index (κ2) is 6.51. The number of rotatable bonds is 3. The molecule has 0 spiro atoms. The fourth-order valence-corrected chi connectivity index (χ4v) is 4.11. The van der Waals surface area contributed by atoms with Crippen molar-refractivity contribution >= 4 is 27.7 Å². The van der Waals surface area contributed by atoms with Crippen LogP contribution in [0.5, 0.6) is 0 Å². The van der Waals surface area contributed by atoms with Crippen LogP contribution in [-0.2, 0) is 0 Å². The van der Waals surface area contributed by atoms with Crippen LogP contribution in [0.1, 0.15) is 36.6 Å². The molecule has 2 aromatic rings. The number of benzene rings is 2. The third kappa shape index (κ3) is 3.33. The van der Waals surface area contributed by atoms with Gasteiger partial charge in [-0.05, 0) is 48.4 Å². The third-order valence-corrected chi connectivity index (χ3v) is 5.53. The molecule has 0 bridgehead atoms. The Balaban J connectivity index is 1.80. The third-order valence-electron chi connectivity index (χ3n) is 3.85. The Bertz CT molecular complexity index is 629. The molecule has 2 aromatic carbocycles. The topological polar surface area (TPSA) is 12.0 Å². The van der Waals surface area contributed by atoms with Crippen molar-refractivity contribution in [2.45, 2.75) is 30.3 Å². The molecule has 1 nitrogen and oxygen atoms in total. The largest absolute Gasteiger partial charge is 0.303 e. The van der Waals surface area contributed by atoms with E-state index < -0.39 is 0 Å². The molecule has 0 saturated heterocycles. The maximum atomic E-state index is 13.9. The molecule has 0 aliphatic carbocycles. The predicted octanol–water partition coefficient (Wildman–Crippen LogP) is 5.48. The molecule has 0 saturated carbocycles. The highest BCUT2D eigenvalue weighted by molar-refractivity contribution is 9.10. The van der Waals surface area contributed by atoms with Gasteiger partial charge in [0.05, 0.1) is 0 Å². The van der Waals surface area contributed by atoms with Crippen LogP contribution < -0.4 is 5.32 Å². The Morgan fingerprint density at radius 3 is 2.76 bits per heavy atom. The summed E-state index contributed by atoms with van der Waals surface area (Å²) in [5.41, 5.74) is 2.34. The van der Waals surface area contributed by atoms with Gasteiger partial charge in [-0.2, -0.15) is 0 Å².